The Morgan fingerprint density at radius 2 is 1.50 bits per heavy atom. The van der Waals surface area contributed by atoms with E-state index < -0.39 is 0 Å². The van der Waals surface area contributed by atoms with E-state index in [2.05, 4.69) is 38.1 Å². The lowest BCUT2D eigenvalue weighted by Gasteiger charge is -2.29. The van der Waals surface area contributed by atoms with Gasteiger partial charge >= 0.3 is 0 Å². The van der Waals surface area contributed by atoms with E-state index in [1.54, 1.807) is 0 Å². The average molecular weight is 413 g/mol. The molecule has 28 heavy (non-hydrogen) atoms. The molecule has 0 fully saturated rings. The van der Waals surface area contributed by atoms with Gasteiger partial charge in [0.15, 0.2) is 0 Å². The van der Waals surface area contributed by atoms with Gasteiger partial charge in [0.2, 0.25) is 0 Å². The third-order valence-corrected chi connectivity index (χ3v) is 5.93. The van der Waals surface area contributed by atoms with Gasteiger partial charge in [-0.3, -0.25) is 0 Å². The van der Waals surface area contributed by atoms with Gasteiger partial charge in [0.1, 0.15) is 11.5 Å². The minimum absolute atomic E-state index is 0.166. The van der Waals surface area contributed by atoms with Crippen molar-refractivity contribution in [2.45, 2.75) is 44.9 Å². The number of halogens is 2. The predicted molar refractivity (Wildman–Crippen MR) is 120 cm³/mol. The average Bonchev–Trinajstić information content (AvgIpc) is 2.69. The van der Waals surface area contributed by atoms with Crippen molar-refractivity contribution >= 4 is 23.2 Å². The van der Waals surface area contributed by atoms with Gasteiger partial charge in [-0.2, -0.15) is 0 Å². The fourth-order valence-electron chi connectivity index (χ4n) is 3.49. The van der Waals surface area contributed by atoms with Crippen LogP contribution in [0.25, 0.3) is 0 Å². The minimum atomic E-state index is 0.166. The maximum Gasteiger partial charge on any atom is 0.128 e. The standard InChI is InChI=1S/C25H26Cl2O/c1-3-25(2,20-12-14-21(26)15-13-20)16-6-8-19-7-4-10-23(17-19)28-24-11-5-9-22(27)18-24/h4-5,7,9-15,17-18H,3,6,8,16H2,1-2H3. The lowest BCUT2D eigenvalue weighted by atomic mass is 9.76. The Balaban J connectivity index is 1.62. The van der Waals surface area contributed by atoms with Crippen LogP contribution < -0.4 is 4.74 Å². The molecule has 146 valence electrons. The fourth-order valence-corrected chi connectivity index (χ4v) is 3.80. The van der Waals surface area contributed by atoms with Crippen LogP contribution in [0.3, 0.4) is 0 Å². The summed E-state index contributed by atoms with van der Waals surface area (Å²) in [6.07, 6.45) is 4.38. The minimum Gasteiger partial charge on any atom is -0.457 e. The largest absolute Gasteiger partial charge is 0.457 e. The van der Waals surface area contributed by atoms with E-state index >= 15 is 0 Å². The molecule has 0 N–H and O–H groups in total. The predicted octanol–water partition coefficient (Wildman–Crippen LogP) is 8.48. The molecule has 0 saturated carbocycles. The molecule has 0 amide bonds. The number of hydrogen-bond acceptors (Lipinski definition) is 1. The van der Waals surface area contributed by atoms with Crippen LogP contribution in [0.2, 0.25) is 10.0 Å². The van der Waals surface area contributed by atoms with Crippen molar-refractivity contribution in [3.05, 3.63) is 94.0 Å². The molecule has 0 aliphatic heterocycles. The monoisotopic (exact) mass is 412 g/mol. The Labute approximate surface area is 178 Å². The van der Waals surface area contributed by atoms with E-state index in [9.17, 15) is 0 Å². The van der Waals surface area contributed by atoms with E-state index in [-0.39, 0.29) is 5.41 Å². The summed E-state index contributed by atoms with van der Waals surface area (Å²) in [6.45, 7) is 4.60. The Hall–Kier alpha value is -1.96. The first-order chi connectivity index (χ1) is 13.5. The highest BCUT2D eigenvalue weighted by atomic mass is 35.5. The van der Waals surface area contributed by atoms with Gasteiger partial charge in [-0.1, -0.05) is 67.4 Å². The molecule has 0 aromatic heterocycles. The second-order valence-corrected chi connectivity index (χ2v) is 8.35. The molecule has 0 aliphatic rings. The van der Waals surface area contributed by atoms with Gasteiger partial charge in [0.05, 0.1) is 0 Å². The molecule has 1 unspecified atom stereocenters. The third kappa shape index (κ3) is 5.53. The highest BCUT2D eigenvalue weighted by Crippen LogP contribution is 2.34. The molecule has 0 heterocycles. The molecular formula is C25H26Cl2O. The molecule has 3 heteroatoms. The summed E-state index contributed by atoms with van der Waals surface area (Å²) in [5.41, 5.74) is 2.81. The molecular weight excluding hydrogens is 387 g/mol. The summed E-state index contributed by atoms with van der Waals surface area (Å²) < 4.78 is 5.95. The van der Waals surface area contributed by atoms with E-state index in [0.29, 0.717) is 5.02 Å². The van der Waals surface area contributed by atoms with Crippen LogP contribution in [-0.2, 0) is 11.8 Å². The molecule has 1 nitrogen and oxygen atoms in total. The lowest BCUT2D eigenvalue weighted by molar-refractivity contribution is 0.405. The van der Waals surface area contributed by atoms with Crippen molar-refractivity contribution < 1.29 is 4.74 Å². The maximum atomic E-state index is 6.05. The fraction of sp³-hybridized carbons (Fsp3) is 0.280. The molecule has 3 rings (SSSR count). The molecule has 0 spiro atoms. The van der Waals surface area contributed by atoms with E-state index in [1.807, 2.05) is 48.5 Å². The summed E-state index contributed by atoms with van der Waals surface area (Å²) in [4.78, 5) is 0. The van der Waals surface area contributed by atoms with Crippen LogP contribution in [0.4, 0.5) is 0 Å². The quantitative estimate of drug-likeness (QED) is 0.360. The first-order valence-corrected chi connectivity index (χ1v) is 10.5. The number of aryl methyl sites for hydroxylation is 1. The van der Waals surface area contributed by atoms with Gasteiger partial charge in [0.25, 0.3) is 0 Å². The smallest absolute Gasteiger partial charge is 0.128 e. The molecule has 0 aliphatic carbocycles. The molecule has 0 bridgehead atoms. The van der Waals surface area contributed by atoms with Crippen LogP contribution >= 0.6 is 23.2 Å². The molecule has 0 radical (unpaired) electrons. The summed E-state index contributed by atoms with van der Waals surface area (Å²) in [7, 11) is 0. The van der Waals surface area contributed by atoms with Crippen LogP contribution in [0.5, 0.6) is 11.5 Å². The molecule has 1 atom stereocenters. The Morgan fingerprint density at radius 1 is 0.821 bits per heavy atom. The topological polar surface area (TPSA) is 9.23 Å². The second-order valence-electron chi connectivity index (χ2n) is 7.48. The van der Waals surface area contributed by atoms with Crippen LogP contribution in [0.1, 0.15) is 44.2 Å². The number of hydrogen-bond donors (Lipinski definition) is 0. The van der Waals surface area contributed by atoms with E-state index in [4.69, 9.17) is 27.9 Å². The van der Waals surface area contributed by atoms with Crippen molar-refractivity contribution in [2.24, 2.45) is 0 Å². The molecule has 3 aromatic carbocycles. The Morgan fingerprint density at radius 3 is 2.18 bits per heavy atom. The first-order valence-electron chi connectivity index (χ1n) is 9.77. The molecule has 0 saturated heterocycles. The first kappa shape index (κ1) is 20.8. The second kappa shape index (κ2) is 9.49. The zero-order chi connectivity index (χ0) is 20.0. The number of rotatable bonds is 8. The molecule has 3 aromatic rings. The van der Waals surface area contributed by atoms with Crippen LogP contribution in [-0.4, -0.2) is 0 Å². The van der Waals surface area contributed by atoms with Crippen molar-refractivity contribution in [1.82, 2.24) is 0 Å². The lowest BCUT2D eigenvalue weighted by Crippen LogP contribution is -2.21. The van der Waals surface area contributed by atoms with Gasteiger partial charge < -0.3 is 4.74 Å². The van der Waals surface area contributed by atoms with Crippen molar-refractivity contribution in [2.75, 3.05) is 0 Å². The summed E-state index contributed by atoms with van der Waals surface area (Å²) in [5, 5.41) is 1.47. The van der Waals surface area contributed by atoms with E-state index in [1.165, 1.54) is 11.1 Å². The van der Waals surface area contributed by atoms with Gasteiger partial charge in [0, 0.05) is 10.0 Å². The zero-order valence-corrected chi connectivity index (χ0v) is 17.9. The number of ether oxygens (including phenoxy) is 1. The number of benzene rings is 3. The third-order valence-electron chi connectivity index (χ3n) is 5.45. The SMILES string of the molecule is CCC(C)(CCCc1cccc(Oc2cccc(Cl)c2)c1)c1ccc(Cl)cc1. The van der Waals surface area contributed by atoms with Crippen molar-refractivity contribution in [1.29, 1.82) is 0 Å². The maximum absolute atomic E-state index is 6.05. The normalized spacial score (nSPS) is 13.1. The zero-order valence-electron chi connectivity index (χ0n) is 16.4. The van der Waals surface area contributed by atoms with Crippen LogP contribution in [0.15, 0.2) is 72.8 Å². The van der Waals surface area contributed by atoms with Crippen molar-refractivity contribution in [3.8, 4) is 11.5 Å². The van der Waals surface area contributed by atoms with Gasteiger partial charge in [-0.15, -0.1) is 0 Å². The Kier molecular flexibility index (Phi) is 7.04. The van der Waals surface area contributed by atoms with Crippen molar-refractivity contribution in [3.63, 3.8) is 0 Å². The van der Waals surface area contributed by atoms with Gasteiger partial charge in [-0.05, 0) is 84.7 Å². The van der Waals surface area contributed by atoms with E-state index in [0.717, 1.165) is 42.2 Å². The highest BCUT2D eigenvalue weighted by Gasteiger charge is 2.23. The highest BCUT2D eigenvalue weighted by molar-refractivity contribution is 6.30. The van der Waals surface area contributed by atoms with Gasteiger partial charge in [-0.25, -0.2) is 0 Å². The summed E-state index contributed by atoms with van der Waals surface area (Å²) in [6, 6.07) is 24.1. The summed E-state index contributed by atoms with van der Waals surface area (Å²) >= 11 is 12.1. The Bertz CT molecular complexity index is 904. The summed E-state index contributed by atoms with van der Waals surface area (Å²) in [5.74, 6) is 1.60. The van der Waals surface area contributed by atoms with Crippen LogP contribution in [0, 0.1) is 0 Å².